The van der Waals surface area contributed by atoms with E-state index in [2.05, 4.69) is 10.3 Å². The molecule has 1 N–H and O–H groups in total. The van der Waals surface area contributed by atoms with Crippen LogP contribution in [0.1, 0.15) is 10.4 Å². The van der Waals surface area contributed by atoms with E-state index < -0.39 is 0 Å². The van der Waals surface area contributed by atoms with Crippen molar-refractivity contribution in [3.63, 3.8) is 0 Å². The maximum absolute atomic E-state index is 12.5. The van der Waals surface area contributed by atoms with Gasteiger partial charge in [0, 0.05) is 10.6 Å². The van der Waals surface area contributed by atoms with Crippen molar-refractivity contribution in [3.05, 3.63) is 83.4 Å². The van der Waals surface area contributed by atoms with E-state index in [1.165, 1.54) is 11.3 Å². The van der Waals surface area contributed by atoms with Crippen molar-refractivity contribution >= 4 is 44.2 Å². The standard InChI is InChI=1S/C22H17ClN2O3S/c23-16-8-11-19-20(14-16)29-22(24-19)25-21(26)15-6-9-18(10-7-15)28-13-12-27-17-4-2-1-3-5-17/h1-11,14H,12-13H2,(H,24,25,26). The number of aromatic nitrogens is 1. The third-order valence-corrected chi connectivity index (χ3v) is 5.22. The highest BCUT2D eigenvalue weighted by Gasteiger charge is 2.10. The van der Waals surface area contributed by atoms with Gasteiger partial charge in [-0.3, -0.25) is 10.1 Å². The maximum atomic E-state index is 12.5. The maximum Gasteiger partial charge on any atom is 0.257 e. The van der Waals surface area contributed by atoms with Crippen LogP contribution in [-0.2, 0) is 0 Å². The minimum atomic E-state index is -0.228. The molecule has 4 aromatic rings. The molecule has 0 atom stereocenters. The highest BCUT2D eigenvalue weighted by molar-refractivity contribution is 7.22. The molecule has 29 heavy (non-hydrogen) atoms. The molecular weight excluding hydrogens is 408 g/mol. The summed E-state index contributed by atoms with van der Waals surface area (Å²) in [5.41, 5.74) is 1.33. The fraction of sp³-hybridized carbons (Fsp3) is 0.0909. The monoisotopic (exact) mass is 424 g/mol. The molecule has 0 bridgehead atoms. The van der Waals surface area contributed by atoms with Crippen molar-refractivity contribution in [2.75, 3.05) is 18.5 Å². The molecule has 0 saturated carbocycles. The summed E-state index contributed by atoms with van der Waals surface area (Å²) in [6, 6.07) is 22.0. The van der Waals surface area contributed by atoms with E-state index in [0.717, 1.165) is 16.0 Å². The summed E-state index contributed by atoms with van der Waals surface area (Å²) in [5.74, 6) is 1.25. The number of para-hydroxylation sites is 1. The summed E-state index contributed by atoms with van der Waals surface area (Å²) in [4.78, 5) is 16.9. The number of hydrogen-bond acceptors (Lipinski definition) is 5. The summed E-state index contributed by atoms with van der Waals surface area (Å²) < 4.78 is 12.2. The van der Waals surface area contributed by atoms with Crippen LogP contribution in [0.5, 0.6) is 11.5 Å². The van der Waals surface area contributed by atoms with Crippen LogP contribution in [0.25, 0.3) is 10.2 Å². The van der Waals surface area contributed by atoms with Gasteiger partial charge in [0.2, 0.25) is 0 Å². The number of carbonyl (C=O) groups excluding carboxylic acids is 1. The van der Waals surface area contributed by atoms with Crippen LogP contribution in [-0.4, -0.2) is 24.1 Å². The van der Waals surface area contributed by atoms with Gasteiger partial charge in [-0.1, -0.05) is 41.1 Å². The molecule has 0 radical (unpaired) electrons. The number of nitrogens with zero attached hydrogens (tertiary/aromatic N) is 1. The van der Waals surface area contributed by atoms with Crippen molar-refractivity contribution < 1.29 is 14.3 Å². The average Bonchev–Trinajstić information content (AvgIpc) is 3.13. The molecule has 0 aliphatic rings. The number of halogens is 1. The fourth-order valence-corrected chi connectivity index (χ4v) is 3.80. The Balaban J connectivity index is 1.30. The van der Waals surface area contributed by atoms with E-state index in [-0.39, 0.29) is 5.91 Å². The first-order chi connectivity index (χ1) is 14.2. The topological polar surface area (TPSA) is 60.5 Å². The van der Waals surface area contributed by atoms with Gasteiger partial charge >= 0.3 is 0 Å². The number of nitrogens with one attached hydrogen (secondary N) is 1. The molecule has 5 nitrogen and oxygen atoms in total. The van der Waals surface area contributed by atoms with E-state index in [1.54, 1.807) is 30.3 Å². The molecule has 0 spiro atoms. The van der Waals surface area contributed by atoms with Crippen LogP contribution in [0.2, 0.25) is 5.02 Å². The normalized spacial score (nSPS) is 10.7. The molecule has 7 heteroatoms. The molecule has 0 unspecified atom stereocenters. The highest BCUT2D eigenvalue weighted by atomic mass is 35.5. The second-order valence-corrected chi connectivity index (χ2v) is 7.59. The SMILES string of the molecule is O=C(Nc1nc2ccc(Cl)cc2s1)c1ccc(OCCOc2ccccc2)cc1. The molecule has 0 saturated heterocycles. The van der Waals surface area contributed by atoms with Gasteiger partial charge < -0.3 is 9.47 Å². The smallest absolute Gasteiger partial charge is 0.257 e. The lowest BCUT2D eigenvalue weighted by molar-refractivity contribution is 0.102. The van der Waals surface area contributed by atoms with Crippen LogP contribution < -0.4 is 14.8 Å². The van der Waals surface area contributed by atoms with Gasteiger partial charge in [0.05, 0.1) is 10.2 Å². The summed E-state index contributed by atoms with van der Waals surface area (Å²) >= 11 is 7.38. The Morgan fingerprint density at radius 1 is 0.931 bits per heavy atom. The Kier molecular flexibility index (Phi) is 5.93. The van der Waals surface area contributed by atoms with Crippen molar-refractivity contribution in [1.82, 2.24) is 4.98 Å². The van der Waals surface area contributed by atoms with Crippen molar-refractivity contribution in [2.24, 2.45) is 0 Å². The van der Waals surface area contributed by atoms with Crippen molar-refractivity contribution in [1.29, 1.82) is 0 Å². The Bertz CT molecular complexity index is 1110. The second-order valence-electron chi connectivity index (χ2n) is 6.12. The first-order valence-electron chi connectivity index (χ1n) is 8.95. The number of rotatable bonds is 7. The zero-order valence-corrected chi connectivity index (χ0v) is 16.9. The Labute approximate surface area is 176 Å². The average molecular weight is 425 g/mol. The van der Waals surface area contributed by atoms with Gasteiger partial charge in [-0.2, -0.15) is 0 Å². The summed E-state index contributed by atoms with van der Waals surface area (Å²) in [5, 5.41) is 4.00. The molecule has 0 fully saturated rings. The number of amides is 1. The molecule has 1 amide bonds. The Morgan fingerprint density at radius 2 is 1.62 bits per heavy atom. The van der Waals surface area contributed by atoms with E-state index in [4.69, 9.17) is 21.1 Å². The number of benzene rings is 3. The van der Waals surface area contributed by atoms with Crippen LogP contribution in [0, 0.1) is 0 Å². The number of ether oxygens (including phenoxy) is 2. The van der Waals surface area contributed by atoms with Crippen LogP contribution in [0.3, 0.4) is 0 Å². The summed E-state index contributed by atoms with van der Waals surface area (Å²) in [6.45, 7) is 0.850. The van der Waals surface area contributed by atoms with E-state index >= 15 is 0 Å². The number of fused-ring (bicyclic) bond motifs is 1. The van der Waals surface area contributed by atoms with Gasteiger partial charge in [0.1, 0.15) is 24.7 Å². The third-order valence-electron chi connectivity index (χ3n) is 4.05. The lowest BCUT2D eigenvalue weighted by atomic mass is 10.2. The zero-order valence-electron chi connectivity index (χ0n) is 15.3. The van der Waals surface area contributed by atoms with E-state index in [1.807, 2.05) is 42.5 Å². The van der Waals surface area contributed by atoms with Gasteiger partial charge in [0.25, 0.3) is 5.91 Å². The fourth-order valence-electron chi connectivity index (χ4n) is 2.66. The van der Waals surface area contributed by atoms with Gasteiger partial charge in [-0.15, -0.1) is 0 Å². The first-order valence-corrected chi connectivity index (χ1v) is 10.1. The molecule has 1 heterocycles. The third kappa shape index (κ3) is 5.04. The second kappa shape index (κ2) is 8.94. The quantitative estimate of drug-likeness (QED) is 0.389. The van der Waals surface area contributed by atoms with Crippen molar-refractivity contribution in [2.45, 2.75) is 0 Å². The number of hydrogen-bond donors (Lipinski definition) is 1. The molecular formula is C22H17ClN2O3S. The van der Waals surface area contributed by atoms with Gasteiger partial charge in [-0.25, -0.2) is 4.98 Å². The largest absolute Gasteiger partial charge is 0.490 e. The van der Waals surface area contributed by atoms with Gasteiger partial charge in [-0.05, 0) is 54.6 Å². The molecule has 0 aliphatic heterocycles. The predicted octanol–water partition coefficient (Wildman–Crippen LogP) is 5.66. The first kappa shape index (κ1) is 19.2. The van der Waals surface area contributed by atoms with Crippen LogP contribution >= 0.6 is 22.9 Å². The van der Waals surface area contributed by atoms with Crippen LogP contribution in [0.15, 0.2) is 72.8 Å². The summed E-state index contributed by atoms with van der Waals surface area (Å²) in [6.07, 6.45) is 0. The number of anilines is 1. The Hall–Kier alpha value is -3.09. The predicted molar refractivity (Wildman–Crippen MR) is 116 cm³/mol. The molecule has 0 aliphatic carbocycles. The van der Waals surface area contributed by atoms with Crippen LogP contribution in [0.4, 0.5) is 5.13 Å². The molecule has 1 aromatic heterocycles. The van der Waals surface area contributed by atoms with E-state index in [0.29, 0.717) is 34.7 Å². The molecule has 4 rings (SSSR count). The zero-order chi connectivity index (χ0) is 20.1. The number of thiazole rings is 1. The van der Waals surface area contributed by atoms with E-state index in [9.17, 15) is 4.79 Å². The molecule has 3 aromatic carbocycles. The minimum Gasteiger partial charge on any atom is -0.490 e. The van der Waals surface area contributed by atoms with Crippen molar-refractivity contribution in [3.8, 4) is 11.5 Å². The summed E-state index contributed by atoms with van der Waals surface area (Å²) in [7, 11) is 0. The number of carbonyl (C=O) groups is 1. The molecule has 146 valence electrons. The minimum absolute atomic E-state index is 0.228. The highest BCUT2D eigenvalue weighted by Crippen LogP contribution is 2.28. The Morgan fingerprint density at radius 3 is 2.34 bits per heavy atom. The lowest BCUT2D eigenvalue weighted by Crippen LogP contribution is -2.12. The van der Waals surface area contributed by atoms with Gasteiger partial charge in [0.15, 0.2) is 5.13 Å². The lowest BCUT2D eigenvalue weighted by Gasteiger charge is -2.09.